The Kier molecular flexibility index (Phi) is 6.20. The number of hydrogen-bond acceptors (Lipinski definition) is 4. The molecule has 0 saturated carbocycles. The number of rotatable bonds is 5. The molecule has 0 spiro atoms. The Morgan fingerprint density at radius 1 is 1.29 bits per heavy atom. The summed E-state index contributed by atoms with van der Waals surface area (Å²) >= 11 is -1.54. The van der Waals surface area contributed by atoms with E-state index >= 15 is 0 Å². The second-order valence-corrected chi connectivity index (χ2v) is 6.34. The van der Waals surface area contributed by atoms with Crippen LogP contribution in [0.15, 0.2) is 30.3 Å². The highest BCUT2D eigenvalue weighted by Crippen LogP contribution is 2.18. The highest BCUT2D eigenvalue weighted by atomic mass is 32.2. The van der Waals surface area contributed by atoms with Crippen molar-refractivity contribution in [1.82, 2.24) is 4.90 Å². The third kappa shape index (κ3) is 5.47. The van der Waals surface area contributed by atoms with E-state index in [1.54, 1.807) is 11.2 Å². The zero-order valence-electron chi connectivity index (χ0n) is 12.2. The number of carbonyl (C=O) groups excluding carboxylic acids is 1. The fraction of sp³-hybridized carbons (Fsp3) is 0.533. The topological polar surface area (TPSA) is 55.8 Å². The van der Waals surface area contributed by atoms with Crippen molar-refractivity contribution in [3.8, 4) is 0 Å². The fourth-order valence-corrected chi connectivity index (χ4v) is 2.72. The maximum absolute atomic E-state index is 12.0. The molecule has 0 aromatic heterocycles. The van der Waals surface area contributed by atoms with Gasteiger partial charge in [-0.25, -0.2) is 4.79 Å². The van der Waals surface area contributed by atoms with Gasteiger partial charge in [0.15, 0.2) is 0 Å². The van der Waals surface area contributed by atoms with Crippen molar-refractivity contribution in [3.63, 3.8) is 0 Å². The molecule has 0 aliphatic carbocycles. The summed E-state index contributed by atoms with van der Waals surface area (Å²) in [7, 11) is 0. The van der Waals surface area contributed by atoms with Gasteiger partial charge in [0.05, 0.1) is 0 Å². The predicted molar refractivity (Wildman–Crippen MR) is 82.2 cm³/mol. The maximum atomic E-state index is 12.0. The van der Waals surface area contributed by atoms with Crippen LogP contribution >= 0.6 is 0 Å². The second kappa shape index (κ2) is 8.14. The van der Waals surface area contributed by atoms with E-state index < -0.39 is 11.1 Å². The first-order valence-electron chi connectivity index (χ1n) is 7.14. The summed E-state index contributed by atoms with van der Waals surface area (Å²) in [5.74, 6) is 0.377. The van der Waals surface area contributed by atoms with Gasteiger partial charge in [-0.15, -0.1) is 0 Å². The van der Waals surface area contributed by atoms with Crippen LogP contribution in [0.2, 0.25) is 0 Å². The molecular formula is C15H22NO4S+. The minimum absolute atomic E-state index is 0.264. The minimum Gasteiger partial charge on any atom is -0.445 e. The van der Waals surface area contributed by atoms with Gasteiger partial charge >= 0.3 is 6.09 Å². The number of nitrogens with zero attached hydrogens (tertiary/aromatic N) is 1. The van der Waals surface area contributed by atoms with Gasteiger partial charge in [-0.1, -0.05) is 34.5 Å². The van der Waals surface area contributed by atoms with Crippen molar-refractivity contribution in [2.45, 2.75) is 19.4 Å². The molecule has 1 atom stereocenters. The van der Waals surface area contributed by atoms with Crippen molar-refractivity contribution in [1.29, 1.82) is 0 Å². The van der Waals surface area contributed by atoms with Gasteiger partial charge in [-0.05, 0) is 24.3 Å². The number of hydrogen-bond donors (Lipinski definition) is 0. The van der Waals surface area contributed by atoms with Crippen molar-refractivity contribution >= 4 is 17.2 Å². The van der Waals surface area contributed by atoms with Gasteiger partial charge in [-0.2, -0.15) is 4.18 Å². The van der Waals surface area contributed by atoms with Crippen LogP contribution < -0.4 is 0 Å². The molecule has 1 amide bonds. The molecule has 1 saturated heterocycles. The molecule has 1 aromatic rings. The molecule has 1 aliphatic rings. The second-order valence-electron chi connectivity index (χ2n) is 5.21. The predicted octanol–water partition coefficient (Wildman–Crippen LogP) is 2.29. The molecule has 1 aromatic carbocycles. The molecule has 1 unspecified atom stereocenters. The average Bonchev–Trinajstić information content (AvgIpc) is 2.52. The maximum Gasteiger partial charge on any atom is 0.410 e. The first kappa shape index (κ1) is 16.0. The Bertz CT molecular complexity index is 472. The number of ether oxygens (including phenoxy) is 1. The van der Waals surface area contributed by atoms with Crippen LogP contribution in [0.1, 0.15) is 18.4 Å². The van der Waals surface area contributed by atoms with Gasteiger partial charge < -0.3 is 9.64 Å². The molecule has 0 N–H and O–H groups in total. The Morgan fingerprint density at radius 2 is 1.95 bits per heavy atom. The third-order valence-corrected chi connectivity index (χ3v) is 4.08. The van der Waals surface area contributed by atoms with E-state index in [0.717, 1.165) is 18.4 Å². The smallest absolute Gasteiger partial charge is 0.410 e. The van der Waals surface area contributed by atoms with Crippen LogP contribution in [0.5, 0.6) is 0 Å². The Balaban J connectivity index is 1.69. The lowest BCUT2D eigenvalue weighted by Crippen LogP contribution is -2.39. The van der Waals surface area contributed by atoms with E-state index in [0.29, 0.717) is 32.2 Å². The number of carbonyl (C=O) groups is 1. The molecule has 6 heteroatoms. The first-order chi connectivity index (χ1) is 10.1. The third-order valence-electron chi connectivity index (χ3n) is 3.57. The Morgan fingerprint density at radius 3 is 2.57 bits per heavy atom. The normalized spacial score (nSPS) is 17.5. The van der Waals surface area contributed by atoms with Crippen molar-refractivity contribution in [3.05, 3.63) is 35.9 Å². The Hall–Kier alpha value is -1.40. The molecule has 116 valence electrons. The van der Waals surface area contributed by atoms with E-state index in [9.17, 15) is 9.00 Å². The molecule has 0 bridgehead atoms. The summed E-state index contributed by atoms with van der Waals surface area (Å²) in [6, 6.07) is 9.65. The Labute approximate surface area is 127 Å². The molecule has 1 heterocycles. The largest absolute Gasteiger partial charge is 0.445 e. The molecule has 0 radical (unpaired) electrons. The standard InChI is InChI=1S/C15H21NO4S/c1-21(18)20-12-14-7-9-16(10-8-14)15(17)19-11-13-5-3-2-4-6-13/h2-6,14H,7-12H2,1H3/p+1. The van der Waals surface area contributed by atoms with Gasteiger partial charge in [0.2, 0.25) is 11.1 Å². The van der Waals surface area contributed by atoms with Crippen molar-refractivity contribution in [2.75, 3.05) is 26.0 Å². The minimum atomic E-state index is -1.54. The number of thiol groups is 1. The number of amides is 1. The highest BCUT2D eigenvalue weighted by Gasteiger charge is 2.24. The van der Waals surface area contributed by atoms with E-state index in [1.165, 1.54) is 0 Å². The number of likely N-dealkylation sites (tertiary alicyclic amines) is 1. The van der Waals surface area contributed by atoms with Gasteiger partial charge in [0.25, 0.3) is 0 Å². The van der Waals surface area contributed by atoms with E-state index in [2.05, 4.69) is 0 Å². The highest BCUT2D eigenvalue weighted by molar-refractivity contribution is 7.79. The van der Waals surface area contributed by atoms with Crippen LogP contribution in [0.3, 0.4) is 0 Å². The molecule has 1 aliphatic heterocycles. The number of benzene rings is 1. The fourth-order valence-electron chi connectivity index (χ4n) is 2.30. The number of piperidine rings is 1. The lowest BCUT2D eigenvalue weighted by Gasteiger charge is -2.30. The molecule has 1 fully saturated rings. The van der Waals surface area contributed by atoms with E-state index in [4.69, 9.17) is 8.92 Å². The van der Waals surface area contributed by atoms with Crippen LogP contribution in [0.4, 0.5) is 4.79 Å². The van der Waals surface area contributed by atoms with Gasteiger partial charge in [-0.3, -0.25) is 0 Å². The van der Waals surface area contributed by atoms with Crippen molar-refractivity contribution in [2.24, 2.45) is 5.92 Å². The van der Waals surface area contributed by atoms with E-state index in [-0.39, 0.29) is 6.09 Å². The summed E-state index contributed by atoms with van der Waals surface area (Å²) in [6.45, 7) is 2.15. The molecular weight excluding hydrogens is 290 g/mol. The van der Waals surface area contributed by atoms with Gasteiger partial charge in [0.1, 0.15) is 19.5 Å². The summed E-state index contributed by atoms with van der Waals surface area (Å²) < 4.78 is 21.4. The monoisotopic (exact) mass is 312 g/mol. The van der Waals surface area contributed by atoms with Crippen LogP contribution in [-0.4, -0.2) is 36.9 Å². The average molecular weight is 312 g/mol. The SMILES string of the molecule is C[SH+](=O)OCC1CCN(C(=O)OCc2ccccc2)CC1. The first-order valence-corrected chi connectivity index (χ1v) is 8.77. The summed E-state index contributed by atoms with van der Waals surface area (Å²) in [6.07, 6.45) is 3.03. The lowest BCUT2D eigenvalue weighted by atomic mass is 9.98. The summed E-state index contributed by atoms with van der Waals surface area (Å²) in [5, 5.41) is 0. The summed E-state index contributed by atoms with van der Waals surface area (Å²) in [4.78, 5) is 13.7. The lowest BCUT2D eigenvalue weighted by molar-refractivity contribution is 0.0770. The van der Waals surface area contributed by atoms with Crippen LogP contribution in [-0.2, 0) is 30.8 Å². The van der Waals surface area contributed by atoms with Crippen molar-refractivity contribution < 1.29 is 17.9 Å². The zero-order valence-corrected chi connectivity index (χ0v) is 13.1. The van der Waals surface area contributed by atoms with Crippen LogP contribution in [0.25, 0.3) is 0 Å². The van der Waals surface area contributed by atoms with E-state index in [1.807, 2.05) is 30.3 Å². The molecule has 2 rings (SSSR count). The molecule has 21 heavy (non-hydrogen) atoms. The zero-order chi connectivity index (χ0) is 15.1. The summed E-state index contributed by atoms with van der Waals surface area (Å²) in [5.41, 5.74) is 0.987. The quantitative estimate of drug-likeness (QED) is 0.618. The molecule has 5 nitrogen and oxygen atoms in total. The van der Waals surface area contributed by atoms with Crippen LogP contribution in [0, 0.1) is 5.92 Å². The van der Waals surface area contributed by atoms with Gasteiger partial charge in [0, 0.05) is 13.1 Å².